The number of alkyl halides is 1. The lowest BCUT2D eigenvalue weighted by molar-refractivity contribution is -0.0787. The highest BCUT2D eigenvalue weighted by molar-refractivity contribution is 9.09. The summed E-state index contributed by atoms with van der Waals surface area (Å²) in [7, 11) is 0. The van der Waals surface area contributed by atoms with Crippen LogP contribution in [0.15, 0.2) is 30.3 Å². The number of hydrogen-bond donors (Lipinski definition) is 0. The smallest absolute Gasteiger partial charge is 0.100 e. The van der Waals surface area contributed by atoms with Crippen LogP contribution >= 0.6 is 15.9 Å². The SMILES string of the molecule is CC(C)(C)OCCOC(C)(CBr)c1ccccc1. The van der Waals surface area contributed by atoms with Gasteiger partial charge < -0.3 is 9.47 Å². The molecule has 1 rings (SSSR count). The molecule has 1 aromatic rings. The van der Waals surface area contributed by atoms with Crippen LogP contribution in [0.4, 0.5) is 0 Å². The monoisotopic (exact) mass is 314 g/mol. The van der Waals surface area contributed by atoms with E-state index < -0.39 is 0 Å². The summed E-state index contributed by atoms with van der Waals surface area (Å²) in [6.07, 6.45) is 0. The van der Waals surface area contributed by atoms with E-state index >= 15 is 0 Å². The molecule has 3 heteroatoms. The maximum Gasteiger partial charge on any atom is 0.100 e. The van der Waals surface area contributed by atoms with Crippen molar-refractivity contribution in [2.75, 3.05) is 18.5 Å². The van der Waals surface area contributed by atoms with Crippen molar-refractivity contribution >= 4 is 15.9 Å². The van der Waals surface area contributed by atoms with Crippen molar-refractivity contribution in [2.45, 2.75) is 38.9 Å². The van der Waals surface area contributed by atoms with E-state index in [2.05, 4.69) is 35.0 Å². The molecule has 18 heavy (non-hydrogen) atoms. The molecular formula is C15H23BrO2. The molecule has 0 N–H and O–H groups in total. The van der Waals surface area contributed by atoms with Gasteiger partial charge in [-0.25, -0.2) is 0 Å². The molecule has 0 saturated carbocycles. The summed E-state index contributed by atoms with van der Waals surface area (Å²) in [6, 6.07) is 10.3. The molecule has 0 heterocycles. The van der Waals surface area contributed by atoms with E-state index in [1.54, 1.807) is 0 Å². The Bertz CT molecular complexity index is 345. The largest absolute Gasteiger partial charge is 0.373 e. The second-order valence-corrected chi connectivity index (χ2v) is 6.10. The number of hydrogen-bond acceptors (Lipinski definition) is 2. The summed E-state index contributed by atoms with van der Waals surface area (Å²) in [6.45, 7) is 9.44. The summed E-state index contributed by atoms with van der Waals surface area (Å²) in [5, 5.41) is 0.763. The van der Waals surface area contributed by atoms with Crippen LogP contribution in [-0.2, 0) is 15.1 Å². The van der Waals surface area contributed by atoms with Gasteiger partial charge in [-0.2, -0.15) is 0 Å². The molecule has 0 aromatic heterocycles. The Balaban J connectivity index is 2.52. The quantitative estimate of drug-likeness (QED) is 0.580. The van der Waals surface area contributed by atoms with Crippen molar-refractivity contribution in [3.63, 3.8) is 0 Å². The van der Waals surface area contributed by atoms with Crippen LogP contribution in [0.5, 0.6) is 0 Å². The van der Waals surface area contributed by atoms with Crippen molar-refractivity contribution in [2.24, 2.45) is 0 Å². The van der Waals surface area contributed by atoms with Crippen molar-refractivity contribution in [1.82, 2.24) is 0 Å². The first-order valence-corrected chi connectivity index (χ1v) is 7.39. The van der Waals surface area contributed by atoms with Crippen molar-refractivity contribution in [1.29, 1.82) is 0 Å². The molecule has 0 aliphatic heterocycles. The summed E-state index contributed by atoms with van der Waals surface area (Å²) in [5.41, 5.74) is 0.765. The standard InChI is InChI=1S/C15H23BrO2/c1-14(2,3)17-10-11-18-15(4,12-16)13-8-6-5-7-9-13/h5-9H,10-12H2,1-4H3. The highest BCUT2D eigenvalue weighted by Crippen LogP contribution is 2.27. The zero-order chi connectivity index (χ0) is 13.6. The number of benzene rings is 1. The Hall–Kier alpha value is -0.380. The van der Waals surface area contributed by atoms with Gasteiger partial charge in [0.25, 0.3) is 0 Å². The van der Waals surface area contributed by atoms with Gasteiger partial charge in [-0.05, 0) is 33.3 Å². The average molecular weight is 315 g/mol. The molecule has 0 aliphatic carbocycles. The number of halogens is 1. The Kier molecular flexibility index (Phi) is 5.83. The summed E-state index contributed by atoms with van der Waals surface area (Å²) < 4.78 is 11.7. The van der Waals surface area contributed by atoms with Gasteiger partial charge in [0.2, 0.25) is 0 Å². The lowest BCUT2D eigenvalue weighted by Gasteiger charge is -2.29. The molecule has 0 saturated heterocycles. The molecule has 102 valence electrons. The summed E-state index contributed by atoms with van der Waals surface area (Å²) in [5.74, 6) is 0. The van der Waals surface area contributed by atoms with Crippen LogP contribution in [-0.4, -0.2) is 24.1 Å². The molecule has 0 fully saturated rings. The maximum atomic E-state index is 5.99. The van der Waals surface area contributed by atoms with E-state index in [0.717, 1.165) is 5.33 Å². The summed E-state index contributed by atoms with van der Waals surface area (Å²) in [4.78, 5) is 0. The van der Waals surface area contributed by atoms with Gasteiger partial charge in [0, 0.05) is 5.33 Å². The molecule has 1 unspecified atom stereocenters. The molecule has 1 atom stereocenters. The lowest BCUT2D eigenvalue weighted by atomic mass is 9.98. The minimum Gasteiger partial charge on any atom is -0.373 e. The second-order valence-electron chi connectivity index (χ2n) is 5.54. The predicted molar refractivity (Wildman–Crippen MR) is 79.2 cm³/mol. The molecule has 0 aliphatic rings. The number of rotatable bonds is 6. The lowest BCUT2D eigenvalue weighted by Crippen LogP contribution is -2.31. The second kappa shape index (κ2) is 6.69. The molecule has 1 aromatic carbocycles. The Labute approximate surface area is 119 Å². The van der Waals surface area contributed by atoms with Crippen LogP contribution in [0.25, 0.3) is 0 Å². The van der Waals surface area contributed by atoms with Gasteiger partial charge in [-0.15, -0.1) is 0 Å². The minimum absolute atomic E-state index is 0.110. The third kappa shape index (κ3) is 5.09. The van der Waals surface area contributed by atoms with Crippen LogP contribution in [0, 0.1) is 0 Å². The fourth-order valence-corrected chi connectivity index (χ4v) is 2.09. The highest BCUT2D eigenvalue weighted by atomic mass is 79.9. The van der Waals surface area contributed by atoms with E-state index in [4.69, 9.17) is 9.47 Å². The predicted octanol–water partition coefficient (Wildman–Crippen LogP) is 4.13. The zero-order valence-electron chi connectivity index (χ0n) is 11.7. The van der Waals surface area contributed by atoms with E-state index in [-0.39, 0.29) is 11.2 Å². The highest BCUT2D eigenvalue weighted by Gasteiger charge is 2.26. The van der Waals surface area contributed by atoms with Crippen LogP contribution < -0.4 is 0 Å². The number of ether oxygens (including phenoxy) is 2. The van der Waals surface area contributed by atoms with E-state index in [1.165, 1.54) is 5.56 Å². The van der Waals surface area contributed by atoms with E-state index in [0.29, 0.717) is 13.2 Å². The molecule has 0 amide bonds. The Morgan fingerprint density at radius 3 is 2.00 bits per heavy atom. The minimum atomic E-state index is -0.303. The third-order valence-electron chi connectivity index (χ3n) is 2.68. The third-order valence-corrected chi connectivity index (χ3v) is 3.75. The zero-order valence-corrected chi connectivity index (χ0v) is 13.3. The first kappa shape index (κ1) is 15.7. The molecular weight excluding hydrogens is 292 g/mol. The van der Waals surface area contributed by atoms with Crippen LogP contribution in [0.3, 0.4) is 0 Å². The molecule has 0 spiro atoms. The summed E-state index contributed by atoms with van der Waals surface area (Å²) >= 11 is 3.53. The topological polar surface area (TPSA) is 18.5 Å². The van der Waals surface area contributed by atoms with Crippen molar-refractivity contribution < 1.29 is 9.47 Å². The van der Waals surface area contributed by atoms with E-state index in [1.807, 2.05) is 39.0 Å². The molecule has 2 nitrogen and oxygen atoms in total. The first-order valence-electron chi connectivity index (χ1n) is 6.27. The average Bonchev–Trinajstić information content (AvgIpc) is 2.34. The normalized spacial score (nSPS) is 15.4. The van der Waals surface area contributed by atoms with Gasteiger partial charge in [0.1, 0.15) is 5.60 Å². The fourth-order valence-electron chi connectivity index (χ4n) is 1.60. The van der Waals surface area contributed by atoms with Crippen LogP contribution in [0.2, 0.25) is 0 Å². The Morgan fingerprint density at radius 1 is 0.944 bits per heavy atom. The molecule has 0 bridgehead atoms. The fraction of sp³-hybridized carbons (Fsp3) is 0.600. The van der Waals surface area contributed by atoms with Gasteiger partial charge in [0.15, 0.2) is 0 Å². The molecule has 0 radical (unpaired) electrons. The van der Waals surface area contributed by atoms with Gasteiger partial charge in [-0.1, -0.05) is 46.3 Å². The maximum absolute atomic E-state index is 5.99. The first-order chi connectivity index (χ1) is 8.37. The Morgan fingerprint density at radius 2 is 1.50 bits per heavy atom. The van der Waals surface area contributed by atoms with Gasteiger partial charge in [0.05, 0.1) is 18.8 Å². The van der Waals surface area contributed by atoms with Gasteiger partial charge in [-0.3, -0.25) is 0 Å². The van der Waals surface area contributed by atoms with E-state index in [9.17, 15) is 0 Å². The van der Waals surface area contributed by atoms with Crippen molar-refractivity contribution in [3.05, 3.63) is 35.9 Å². The van der Waals surface area contributed by atoms with Crippen LogP contribution in [0.1, 0.15) is 33.3 Å². The van der Waals surface area contributed by atoms with Gasteiger partial charge >= 0.3 is 0 Å². The van der Waals surface area contributed by atoms with Crippen molar-refractivity contribution in [3.8, 4) is 0 Å².